The van der Waals surface area contributed by atoms with Gasteiger partial charge in [-0.2, -0.15) is 5.10 Å². The van der Waals surface area contributed by atoms with Gasteiger partial charge in [-0.25, -0.2) is 4.98 Å². The van der Waals surface area contributed by atoms with Gasteiger partial charge in [-0.15, -0.1) is 0 Å². The van der Waals surface area contributed by atoms with E-state index in [0.717, 1.165) is 10.2 Å². The molecule has 2 rings (SSSR count). The second-order valence-corrected chi connectivity index (χ2v) is 4.66. The lowest BCUT2D eigenvalue weighted by Crippen LogP contribution is -2.14. The van der Waals surface area contributed by atoms with E-state index in [2.05, 4.69) is 31.3 Å². The van der Waals surface area contributed by atoms with Crippen molar-refractivity contribution in [2.24, 2.45) is 7.05 Å². The third-order valence-corrected chi connectivity index (χ3v) is 3.12. The fourth-order valence-electron chi connectivity index (χ4n) is 1.64. The Morgan fingerprint density at radius 3 is 3.00 bits per heavy atom. The summed E-state index contributed by atoms with van der Waals surface area (Å²) >= 11 is 3.34. The molecule has 0 saturated heterocycles. The van der Waals surface area contributed by atoms with Gasteiger partial charge < -0.3 is 5.32 Å². The molecule has 0 aliphatic rings. The SMILES string of the molecule is CCc1nn(C)cc1C(=O)Nc1ncccc1Br. The summed E-state index contributed by atoms with van der Waals surface area (Å²) in [6.45, 7) is 1.97. The highest BCUT2D eigenvalue weighted by atomic mass is 79.9. The van der Waals surface area contributed by atoms with Crippen molar-refractivity contribution >= 4 is 27.7 Å². The molecule has 0 radical (unpaired) electrons. The minimum Gasteiger partial charge on any atom is -0.306 e. The van der Waals surface area contributed by atoms with E-state index < -0.39 is 0 Å². The number of anilines is 1. The highest BCUT2D eigenvalue weighted by Gasteiger charge is 2.15. The Morgan fingerprint density at radius 2 is 2.33 bits per heavy atom. The zero-order chi connectivity index (χ0) is 13.1. The van der Waals surface area contributed by atoms with Gasteiger partial charge in [0.1, 0.15) is 5.82 Å². The molecule has 0 unspecified atom stereocenters. The van der Waals surface area contributed by atoms with Crippen LogP contribution in [0, 0.1) is 0 Å². The Bertz CT molecular complexity index is 579. The summed E-state index contributed by atoms with van der Waals surface area (Å²) in [5, 5.41) is 7.00. The predicted octanol–water partition coefficient (Wildman–Crippen LogP) is 2.39. The summed E-state index contributed by atoms with van der Waals surface area (Å²) in [7, 11) is 1.80. The van der Waals surface area contributed by atoms with Gasteiger partial charge in [0.15, 0.2) is 0 Å². The Labute approximate surface area is 113 Å². The largest absolute Gasteiger partial charge is 0.306 e. The van der Waals surface area contributed by atoms with Crippen molar-refractivity contribution in [1.29, 1.82) is 0 Å². The Morgan fingerprint density at radius 1 is 1.56 bits per heavy atom. The van der Waals surface area contributed by atoms with Gasteiger partial charge in [0.25, 0.3) is 5.91 Å². The fraction of sp³-hybridized carbons (Fsp3) is 0.250. The lowest BCUT2D eigenvalue weighted by Gasteiger charge is -2.05. The van der Waals surface area contributed by atoms with Crippen LogP contribution in [0.5, 0.6) is 0 Å². The maximum atomic E-state index is 12.1. The monoisotopic (exact) mass is 308 g/mol. The predicted molar refractivity (Wildman–Crippen MR) is 72.5 cm³/mol. The molecular weight excluding hydrogens is 296 g/mol. The second-order valence-electron chi connectivity index (χ2n) is 3.80. The zero-order valence-corrected chi connectivity index (χ0v) is 11.7. The molecule has 1 amide bonds. The van der Waals surface area contributed by atoms with Crippen molar-refractivity contribution in [3.8, 4) is 0 Å². The van der Waals surface area contributed by atoms with Crippen molar-refractivity contribution in [3.63, 3.8) is 0 Å². The molecule has 0 atom stereocenters. The lowest BCUT2D eigenvalue weighted by atomic mass is 10.2. The van der Waals surface area contributed by atoms with Crippen LogP contribution in [-0.4, -0.2) is 20.7 Å². The number of hydrogen-bond donors (Lipinski definition) is 1. The van der Waals surface area contributed by atoms with Gasteiger partial charge in [-0.1, -0.05) is 6.92 Å². The molecular formula is C12H13BrN4O. The summed E-state index contributed by atoms with van der Waals surface area (Å²) in [6.07, 6.45) is 4.06. The summed E-state index contributed by atoms with van der Waals surface area (Å²) in [4.78, 5) is 16.2. The maximum Gasteiger partial charge on any atom is 0.260 e. The van der Waals surface area contributed by atoms with E-state index in [0.29, 0.717) is 17.8 Å². The number of hydrogen-bond acceptors (Lipinski definition) is 3. The Kier molecular flexibility index (Phi) is 3.76. The molecule has 0 spiro atoms. The molecule has 0 fully saturated rings. The number of carbonyl (C=O) groups excluding carboxylic acids is 1. The van der Waals surface area contributed by atoms with Crippen LogP contribution < -0.4 is 5.32 Å². The minimum absolute atomic E-state index is 0.195. The molecule has 18 heavy (non-hydrogen) atoms. The molecule has 2 heterocycles. The first kappa shape index (κ1) is 12.8. The van der Waals surface area contributed by atoms with Crippen LogP contribution in [0.25, 0.3) is 0 Å². The number of nitrogens with one attached hydrogen (secondary N) is 1. The van der Waals surface area contributed by atoms with E-state index in [1.54, 1.807) is 30.2 Å². The van der Waals surface area contributed by atoms with E-state index >= 15 is 0 Å². The standard InChI is InChI=1S/C12H13BrN4O/c1-3-10-8(7-17(2)16-10)12(18)15-11-9(13)5-4-6-14-11/h4-7H,3H2,1-2H3,(H,14,15,18). The van der Waals surface area contributed by atoms with Gasteiger partial charge in [0, 0.05) is 19.4 Å². The molecule has 0 aliphatic carbocycles. The number of aromatic nitrogens is 3. The Hall–Kier alpha value is -1.69. The molecule has 0 aromatic carbocycles. The van der Waals surface area contributed by atoms with Gasteiger partial charge in [0.2, 0.25) is 0 Å². The Balaban J connectivity index is 2.25. The van der Waals surface area contributed by atoms with Gasteiger partial charge in [-0.05, 0) is 34.5 Å². The van der Waals surface area contributed by atoms with Crippen LogP contribution in [0.2, 0.25) is 0 Å². The van der Waals surface area contributed by atoms with Crippen molar-refractivity contribution in [2.45, 2.75) is 13.3 Å². The van der Waals surface area contributed by atoms with E-state index in [9.17, 15) is 4.79 Å². The normalized spacial score (nSPS) is 10.4. The first-order valence-corrected chi connectivity index (χ1v) is 6.35. The lowest BCUT2D eigenvalue weighted by molar-refractivity contribution is 0.102. The number of carbonyl (C=O) groups is 1. The van der Waals surface area contributed by atoms with Crippen LogP contribution in [0.15, 0.2) is 29.0 Å². The molecule has 1 N–H and O–H groups in total. The molecule has 5 nitrogen and oxygen atoms in total. The third kappa shape index (κ3) is 2.59. The molecule has 0 bridgehead atoms. The topological polar surface area (TPSA) is 59.8 Å². The van der Waals surface area contributed by atoms with Crippen LogP contribution in [0.4, 0.5) is 5.82 Å². The van der Waals surface area contributed by atoms with Crippen LogP contribution in [-0.2, 0) is 13.5 Å². The van der Waals surface area contributed by atoms with Gasteiger partial charge >= 0.3 is 0 Å². The smallest absolute Gasteiger partial charge is 0.260 e. The van der Waals surface area contributed by atoms with E-state index in [1.807, 2.05) is 13.0 Å². The van der Waals surface area contributed by atoms with Gasteiger partial charge in [0.05, 0.1) is 15.7 Å². The van der Waals surface area contributed by atoms with Crippen LogP contribution >= 0.6 is 15.9 Å². The fourth-order valence-corrected chi connectivity index (χ4v) is 1.99. The van der Waals surface area contributed by atoms with Gasteiger partial charge in [-0.3, -0.25) is 9.48 Å². The maximum absolute atomic E-state index is 12.1. The first-order valence-electron chi connectivity index (χ1n) is 5.56. The number of halogens is 1. The zero-order valence-electron chi connectivity index (χ0n) is 10.1. The number of rotatable bonds is 3. The molecule has 0 aliphatic heterocycles. The number of amides is 1. The van der Waals surface area contributed by atoms with E-state index in [1.165, 1.54) is 0 Å². The van der Waals surface area contributed by atoms with E-state index in [-0.39, 0.29) is 5.91 Å². The second kappa shape index (κ2) is 5.30. The molecule has 94 valence electrons. The van der Waals surface area contributed by atoms with Crippen molar-refractivity contribution in [2.75, 3.05) is 5.32 Å². The first-order chi connectivity index (χ1) is 8.61. The summed E-state index contributed by atoms with van der Waals surface area (Å²) in [6, 6.07) is 3.62. The van der Waals surface area contributed by atoms with E-state index in [4.69, 9.17) is 0 Å². The highest BCUT2D eigenvalue weighted by molar-refractivity contribution is 9.10. The van der Waals surface area contributed by atoms with Crippen LogP contribution in [0.1, 0.15) is 23.0 Å². The summed E-state index contributed by atoms with van der Waals surface area (Å²) < 4.78 is 2.39. The average molecular weight is 309 g/mol. The van der Waals surface area contributed by atoms with Crippen molar-refractivity contribution in [1.82, 2.24) is 14.8 Å². The van der Waals surface area contributed by atoms with Crippen molar-refractivity contribution in [3.05, 3.63) is 40.3 Å². The molecule has 2 aromatic heterocycles. The number of nitrogens with zero attached hydrogens (tertiary/aromatic N) is 3. The number of aryl methyl sites for hydroxylation is 2. The number of pyridine rings is 1. The van der Waals surface area contributed by atoms with Crippen LogP contribution in [0.3, 0.4) is 0 Å². The molecule has 6 heteroatoms. The quantitative estimate of drug-likeness (QED) is 0.947. The minimum atomic E-state index is -0.195. The highest BCUT2D eigenvalue weighted by Crippen LogP contribution is 2.19. The average Bonchev–Trinajstić information content (AvgIpc) is 2.73. The third-order valence-electron chi connectivity index (χ3n) is 2.48. The molecule has 0 saturated carbocycles. The summed E-state index contributed by atoms with van der Waals surface area (Å²) in [5.41, 5.74) is 1.36. The molecule has 2 aromatic rings. The summed E-state index contributed by atoms with van der Waals surface area (Å²) in [5.74, 6) is 0.313. The van der Waals surface area contributed by atoms with Crippen molar-refractivity contribution < 1.29 is 4.79 Å².